The molecular weight excluding hydrogens is 446 g/mol. The standard InChI is InChI=1S/C31H33N3O2/c1-3-25(22-13-6-4-7-14-22)33-31(36)28-24-17-10-11-18-26(24)32-29(23-15-8-5-9-16-23)30(28)34-20-12-19-27(34)21(2)35/h4-11,13-18,21,25,27,35H,3,12,19-20H2,1-2H3,(H,33,36). The number of carbonyl (C=O) groups is 1. The third kappa shape index (κ3) is 4.59. The second kappa shape index (κ2) is 10.5. The van der Waals surface area contributed by atoms with Gasteiger partial charge < -0.3 is 15.3 Å². The molecule has 0 spiro atoms. The molecule has 3 atom stereocenters. The maximum Gasteiger partial charge on any atom is 0.254 e. The van der Waals surface area contributed by atoms with Gasteiger partial charge in [0.15, 0.2) is 0 Å². The van der Waals surface area contributed by atoms with Gasteiger partial charge in [-0.3, -0.25) is 4.79 Å². The van der Waals surface area contributed by atoms with Gasteiger partial charge in [-0.2, -0.15) is 0 Å². The lowest BCUT2D eigenvalue weighted by Crippen LogP contribution is -2.40. The predicted octanol–water partition coefficient (Wildman–Crippen LogP) is 6.13. The number of para-hydroxylation sites is 1. The molecule has 3 aromatic carbocycles. The Morgan fingerprint density at radius 2 is 1.69 bits per heavy atom. The predicted molar refractivity (Wildman–Crippen MR) is 146 cm³/mol. The van der Waals surface area contributed by atoms with Gasteiger partial charge in [0.2, 0.25) is 0 Å². The van der Waals surface area contributed by atoms with E-state index < -0.39 is 6.10 Å². The number of rotatable bonds is 7. The summed E-state index contributed by atoms with van der Waals surface area (Å²) in [4.78, 5) is 21.5. The van der Waals surface area contributed by atoms with Crippen molar-refractivity contribution in [2.24, 2.45) is 0 Å². The molecule has 1 aromatic heterocycles. The zero-order valence-corrected chi connectivity index (χ0v) is 20.9. The third-order valence-corrected chi connectivity index (χ3v) is 7.20. The van der Waals surface area contributed by atoms with E-state index in [1.54, 1.807) is 0 Å². The van der Waals surface area contributed by atoms with E-state index in [1.165, 1.54) is 0 Å². The van der Waals surface area contributed by atoms with E-state index in [0.717, 1.165) is 59.2 Å². The van der Waals surface area contributed by atoms with Crippen molar-refractivity contribution in [2.75, 3.05) is 11.4 Å². The maximum absolute atomic E-state index is 14.2. The van der Waals surface area contributed by atoms with Crippen LogP contribution in [0.15, 0.2) is 84.9 Å². The van der Waals surface area contributed by atoms with Crippen LogP contribution in [-0.2, 0) is 0 Å². The molecule has 184 valence electrons. The summed E-state index contributed by atoms with van der Waals surface area (Å²) in [6, 6.07) is 27.8. The third-order valence-electron chi connectivity index (χ3n) is 7.20. The highest BCUT2D eigenvalue weighted by Gasteiger charge is 2.35. The molecule has 5 heteroatoms. The first kappa shape index (κ1) is 24.0. The first-order chi connectivity index (χ1) is 17.6. The maximum atomic E-state index is 14.2. The van der Waals surface area contributed by atoms with Crippen molar-refractivity contribution in [3.63, 3.8) is 0 Å². The molecular formula is C31H33N3O2. The van der Waals surface area contributed by atoms with Crippen LogP contribution in [0.2, 0.25) is 0 Å². The molecule has 4 aromatic rings. The molecule has 0 saturated carbocycles. The molecule has 0 bridgehead atoms. The van der Waals surface area contributed by atoms with E-state index in [4.69, 9.17) is 4.98 Å². The van der Waals surface area contributed by atoms with Gasteiger partial charge >= 0.3 is 0 Å². The SMILES string of the molecule is CCC(NC(=O)c1c(N2CCCC2C(C)O)c(-c2ccccc2)nc2ccccc12)c1ccccc1. The first-order valence-electron chi connectivity index (χ1n) is 12.9. The van der Waals surface area contributed by atoms with Gasteiger partial charge in [-0.1, -0.05) is 85.8 Å². The highest BCUT2D eigenvalue weighted by molar-refractivity contribution is 6.13. The Labute approximate surface area is 212 Å². The number of amides is 1. The Balaban J connectivity index is 1.73. The number of aliphatic hydroxyl groups is 1. The van der Waals surface area contributed by atoms with Crippen molar-refractivity contribution in [3.8, 4) is 11.3 Å². The Kier molecular flexibility index (Phi) is 7.01. The van der Waals surface area contributed by atoms with E-state index in [1.807, 2.05) is 79.7 Å². The van der Waals surface area contributed by atoms with Crippen LogP contribution in [-0.4, -0.2) is 34.7 Å². The Bertz CT molecular complexity index is 1340. The van der Waals surface area contributed by atoms with Crippen LogP contribution >= 0.6 is 0 Å². The van der Waals surface area contributed by atoms with Crippen LogP contribution < -0.4 is 10.2 Å². The summed E-state index contributed by atoms with van der Waals surface area (Å²) in [6.45, 7) is 4.69. The molecule has 0 radical (unpaired) electrons. The minimum atomic E-state index is -0.522. The normalized spacial score (nSPS) is 17.2. The summed E-state index contributed by atoms with van der Waals surface area (Å²) < 4.78 is 0. The van der Waals surface area contributed by atoms with E-state index in [0.29, 0.717) is 5.56 Å². The number of nitrogens with one attached hydrogen (secondary N) is 1. The molecule has 3 unspecified atom stereocenters. The van der Waals surface area contributed by atoms with Crippen LogP contribution in [0.1, 0.15) is 55.1 Å². The minimum absolute atomic E-state index is 0.0712. The summed E-state index contributed by atoms with van der Waals surface area (Å²) in [7, 11) is 0. The zero-order valence-electron chi connectivity index (χ0n) is 20.9. The largest absolute Gasteiger partial charge is 0.391 e. The van der Waals surface area contributed by atoms with E-state index in [-0.39, 0.29) is 18.0 Å². The van der Waals surface area contributed by atoms with Crippen LogP contribution in [0.3, 0.4) is 0 Å². The van der Waals surface area contributed by atoms with Crippen molar-refractivity contribution in [3.05, 3.63) is 96.1 Å². The highest BCUT2D eigenvalue weighted by Crippen LogP contribution is 2.41. The smallest absolute Gasteiger partial charge is 0.254 e. The highest BCUT2D eigenvalue weighted by atomic mass is 16.3. The number of aromatic nitrogens is 1. The van der Waals surface area contributed by atoms with Crippen molar-refractivity contribution in [1.82, 2.24) is 10.3 Å². The van der Waals surface area contributed by atoms with Crippen LogP contribution in [0.25, 0.3) is 22.2 Å². The average molecular weight is 480 g/mol. The molecule has 1 aliphatic heterocycles. The fraction of sp³-hybridized carbons (Fsp3) is 0.290. The van der Waals surface area contributed by atoms with E-state index >= 15 is 0 Å². The molecule has 1 amide bonds. The zero-order chi connectivity index (χ0) is 25.1. The Morgan fingerprint density at radius 1 is 1.03 bits per heavy atom. The molecule has 2 N–H and O–H groups in total. The van der Waals surface area contributed by atoms with Crippen molar-refractivity contribution in [1.29, 1.82) is 0 Å². The van der Waals surface area contributed by atoms with E-state index in [9.17, 15) is 9.90 Å². The molecule has 2 heterocycles. The lowest BCUT2D eigenvalue weighted by Gasteiger charge is -2.33. The van der Waals surface area contributed by atoms with E-state index in [2.05, 4.69) is 29.3 Å². The number of hydrogen-bond acceptors (Lipinski definition) is 4. The number of pyridine rings is 1. The lowest BCUT2D eigenvalue weighted by atomic mass is 9.97. The van der Waals surface area contributed by atoms with Crippen LogP contribution in [0, 0.1) is 0 Å². The molecule has 1 aliphatic rings. The van der Waals surface area contributed by atoms with Gasteiger partial charge in [-0.05, 0) is 37.8 Å². The molecule has 1 saturated heterocycles. The minimum Gasteiger partial charge on any atom is -0.391 e. The van der Waals surface area contributed by atoms with Gasteiger partial charge in [0.05, 0.1) is 40.6 Å². The fourth-order valence-corrected chi connectivity index (χ4v) is 5.42. The van der Waals surface area contributed by atoms with Crippen LogP contribution in [0.5, 0.6) is 0 Å². The molecule has 5 rings (SSSR count). The summed E-state index contributed by atoms with van der Waals surface area (Å²) >= 11 is 0. The number of aliphatic hydroxyl groups excluding tert-OH is 1. The number of hydrogen-bond donors (Lipinski definition) is 2. The summed E-state index contributed by atoms with van der Waals surface area (Å²) in [5.74, 6) is -0.118. The molecule has 0 aliphatic carbocycles. The topological polar surface area (TPSA) is 65.5 Å². The number of carbonyl (C=O) groups excluding carboxylic acids is 1. The number of anilines is 1. The lowest BCUT2D eigenvalue weighted by molar-refractivity contribution is 0.0937. The Morgan fingerprint density at radius 3 is 2.39 bits per heavy atom. The number of benzene rings is 3. The quantitative estimate of drug-likeness (QED) is 0.335. The van der Waals surface area contributed by atoms with Crippen molar-refractivity contribution < 1.29 is 9.90 Å². The number of nitrogens with zero attached hydrogens (tertiary/aromatic N) is 2. The van der Waals surface area contributed by atoms with Gasteiger partial charge in [0.25, 0.3) is 5.91 Å². The summed E-state index contributed by atoms with van der Waals surface area (Å²) in [5.41, 5.74) is 5.04. The van der Waals surface area contributed by atoms with Gasteiger partial charge in [-0.15, -0.1) is 0 Å². The second-order valence-electron chi connectivity index (χ2n) is 9.56. The van der Waals surface area contributed by atoms with Gasteiger partial charge in [-0.25, -0.2) is 4.98 Å². The fourth-order valence-electron chi connectivity index (χ4n) is 5.42. The number of fused-ring (bicyclic) bond motifs is 1. The van der Waals surface area contributed by atoms with Gasteiger partial charge in [0.1, 0.15) is 0 Å². The molecule has 5 nitrogen and oxygen atoms in total. The van der Waals surface area contributed by atoms with Gasteiger partial charge in [0, 0.05) is 17.5 Å². The summed E-state index contributed by atoms with van der Waals surface area (Å²) in [5, 5.41) is 14.8. The molecule has 36 heavy (non-hydrogen) atoms. The monoisotopic (exact) mass is 479 g/mol. The first-order valence-corrected chi connectivity index (χ1v) is 12.9. The van der Waals surface area contributed by atoms with Crippen LogP contribution in [0.4, 0.5) is 5.69 Å². The summed E-state index contributed by atoms with van der Waals surface area (Å²) in [6.07, 6.45) is 2.09. The van der Waals surface area contributed by atoms with Crippen molar-refractivity contribution in [2.45, 2.75) is 51.3 Å². The Hall–Kier alpha value is -3.70. The molecule has 1 fully saturated rings. The second-order valence-corrected chi connectivity index (χ2v) is 9.56. The van der Waals surface area contributed by atoms with Crippen molar-refractivity contribution >= 4 is 22.5 Å². The average Bonchev–Trinajstić information content (AvgIpc) is 3.41.